The molecule has 64 heavy (non-hydrogen) atoms. The lowest BCUT2D eigenvalue weighted by molar-refractivity contribution is 0.610. The first-order chi connectivity index (χ1) is 31.3. The van der Waals surface area contributed by atoms with E-state index in [0.717, 1.165) is 11.4 Å². The molecule has 3 nitrogen and oxygen atoms in total. The van der Waals surface area contributed by atoms with Gasteiger partial charge in [-0.2, -0.15) is 0 Å². The third-order valence-electron chi connectivity index (χ3n) is 14.7. The van der Waals surface area contributed by atoms with Crippen molar-refractivity contribution in [2.24, 2.45) is 0 Å². The van der Waals surface area contributed by atoms with E-state index in [-0.39, 0.29) is 6.71 Å². The Morgan fingerprint density at radius 1 is 0.375 bits per heavy atom. The van der Waals surface area contributed by atoms with Crippen molar-refractivity contribution in [2.75, 3.05) is 14.7 Å². The molecule has 304 valence electrons. The minimum Gasteiger partial charge on any atom is -0.311 e. The minimum atomic E-state index is -0.402. The Labute approximate surface area is 376 Å². The van der Waals surface area contributed by atoms with Gasteiger partial charge in [0.05, 0.1) is 17.1 Å². The second-order valence-corrected chi connectivity index (χ2v) is 18.9. The minimum absolute atomic E-state index is 0.0506. The summed E-state index contributed by atoms with van der Waals surface area (Å²) in [5, 5.41) is 0. The first-order valence-corrected chi connectivity index (χ1v) is 22.7. The third-order valence-corrected chi connectivity index (χ3v) is 14.7. The Bertz CT molecular complexity index is 3120. The average molecular weight is 820 g/mol. The number of benzene rings is 9. The molecule has 0 fully saturated rings. The summed E-state index contributed by atoms with van der Waals surface area (Å²) in [4.78, 5) is 7.89. The van der Waals surface area contributed by atoms with Gasteiger partial charge in [0.2, 0.25) is 0 Å². The summed E-state index contributed by atoms with van der Waals surface area (Å²) in [5.74, 6) is 0. The molecule has 4 heterocycles. The fourth-order valence-corrected chi connectivity index (χ4v) is 11.9. The molecule has 0 saturated heterocycles. The molecule has 0 unspecified atom stereocenters. The summed E-state index contributed by atoms with van der Waals surface area (Å²) >= 11 is 0. The number of nitrogens with zero attached hydrogens (tertiary/aromatic N) is 3. The van der Waals surface area contributed by atoms with Crippen molar-refractivity contribution in [2.45, 2.75) is 38.5 Å². The zero-order chi connectivity index (χ0) is 42.9. The Morgan fingerprint density at radius 3 is 1.17 bits per heavy atom. The van der Waals surface area contributed by atoms with Crippen LogP contribution in [0.5, 0.6) is 0 Å². The molecule has 4 aliphatic heterocycles. The van der Waals surface area contributed by atoms with Crippen LogP contribution >= 0.6 is 0 Å². The van der Waals surface area contributed by atoms with Crippen molar-refractivity contribution in [3.63, 3.8) is 0 Å². The van der Waals surface area contributed by atoms with E-state index in [0.29, 0.717) is 0 Å². The van der Waals surface area contributed by atoms with E-state index in [9.17, 15) is 0 Å². The molecule has 0 bridgehead atoms. The largest absolute Gasteiger partial charge is 0.311 e. The number of hydrogen-bond acceptors (Lipinski definition) is 3. The molecule has 9 aromatic carbocycles. The van der Waals surface area contributed by atoms with Crippen molar-refractivity contribution in [3.8, 4) is 22.3 Å². The van der Waals surface area contributed by atoms with E-state index in [1.54, 1.807) is 0 Å². The van der Waals surface area contributed by atoms with Gasteiger partial charge in [-0.25, -0.2) is 0 Å². The maximum atomic E-state index is 2.65. The molecular weight excluding hydrogens is 773 g/mol. The number of fused-ring (bicyclic) bond motifs is 10. The van der Waals surface area contributed by atoms with Gasteiger partial charge >= 0.3 is 0 Å². The summed E-state index contributed by atoms with van der Waals surface area (Å²) in [5.41, 5.74) is 24.6. The van der Waals surface area contributed by atoms with Crippen LogP contribution in [0.25, 0.3) is 22.3 Å². The summed E-state index contributed by atoms with van der Waals surface area (Å²) in [6.45, 7) is 9.84. The van der Waals surface area contributed by atoms with Gasteiger partial charge in [-0.05, 0) is 98.3 Å². The fraction of sp³-hybridized carbons (Fsp3) is 0.100. The van der Waals surface area contributed by atoms with E-state index in [4.69, 9.17) is 0 Å². The molecule has 0 saturated carbocycles. The topological polar surface area (TPSA) is 9.72 Å². The molecular formula is C60H46BN3. The highest BCUT2D eigenvalue weighted by atomic mass is 15.2. The predicted molar refractivity (Wildman–Crippen MR) is 270 cm³/mol. The lowest BCUT2D eigenvalue weighted by Crippen LogP contribution is -2.63. The second kappa shape index (κ2) is 13.5. The Hall–Kier alpha value is -7.56. The van der Waals surface area contributed by atoms with Gasteiger partial charge in [-0.1, -0.05) is 185 Å². The van der Waals surface area contributed by atoms with E-state index >= 15 is 0 Å². The lowest BCUT2D eigenvalue weighted by Gasteiger charge is -2.55. The summed E-state index contributed by atoms with van der Waals surface area (Å²) in [7, 11) is 0. The molecule has 0 radical (unpaired) electrons. The highest BCUT2D eigenvalue weighted by molar-refractivity contribution is 7.00. The van der Waals surface area contributed by atoms with Crippen molar-refractivity contribution in [3.05, 3.63) is 229 Å². The van der Waals surface area contributed by atoms with Crippen molar-refractivity contribution >= 4 is 74.3 Å². The Balaban J connectivity index is 1.26. The average Bonchev–Trinajstić information content (AvgIpc) is 3.34. The van der Waals surface area contributed by atoms with Gasteiger partial charge in [0, 0.05) is 56.1 Å². The van der Waals surface area contributed by atoms with Crippen LogP contribution in [0, 0.1) is 0 Å². The van der Waals surface area contributed by atoms with Crippen molar-refractivity contribution in [1.29, 1.82) is 0 Å². The van der Waals surface area contributed by atoms with Crippen molar-refractivity contribution < 1.29 is 0 Å². The second-order valence-electron chi connectivity index (χ2n) is 18.9. The van der Waals surface area contributed by atoms with E-state index in [1.807, 2.05) is 0 Å². The van der Waals surface area contributed by atoms with Gasteiger partial charge in [-0.3, -0.25) is 0 Å². The quantitative estimate of drug-likeness (QED) is 0.160. The molecule has 0 spiro atoms. The van der Waals surface area contributed by atoms with Gasteiger partial charge in [-0.15, -0.1) is 0 Å². The van der Waals surface area contributed by atoms with Crippen LogP contribution in [0.3, 0.4) is 0 Å². The molecule has 13 rings (SSSR count). The Morgan fingerprint density at radius 2 is 0.750 bits per heavy atom. The number of para-hydroxylation sites is 4. The normalized spacial score (nSPS) is 15.0. The van der Waals surface area contributed by atoms with Crippen molar-refractivity contribution in [1.82, 2.24) is 0 Å². The van der Waals surface area contributed by atoms with E-state index in [1.165, 1.54) is 101 Å². The van der Waals surface area contributed by atoms with Crippen LogP contribution in [0.1, 0.15) is 49.9 Å². The van der Waals surface area contributed by atoms with Crippen LogP contribution in [0.2, 0.25) is 0 Å². The van der Waals surface area contributed by atoms with E-state index < -0.39 is 10.8 Å². The fourth-order valence-electron chi connectivity index (χ4n) is 11.9. The molecule has 0 N–H and O–H groups in total. The van der Waals surface area contributed by atoms with E-state index in [2.05, 4.69) is 249 Å². The van der Waals surface area contributed by atoms with Gasteiger partial charge in [0.25, 0.3) is 6.71 Å². The first-order valence-electron chi connectivity index (χ1n) is 22.7. The molecule has 4 aliphatic rings. The molecule has 0 aromatic heterocycles. The highest BCUT2D eigenvalue weighted by Crippen LogP contribution is 2.65. The number of anilines is 9. The molecule has 0 atom stereocenters. The Kier molecular flexibility index (Phi) is 7.80. The van der Waals surface area contributed by atoms with Gasteiger partial charge in [0.1, 0.15) is 0 Å². The summed E-state index contributed by atoms with van der Waals surface area (Å²) in [6, 6.07) is 76.9. The van der Waals surface area contributed by atoms with Gasteiger partial charge < -0.3 is 14.7 Å². The number of hydrogen-bond donors (Lipinski definition) is 0. The van der Waals surface area contributed by atoms with Crippen LogP contribution in [-0.2, 0) is 10.8 Å². The maximum absolute atomic E-state index is 2.65. The maximum Gasteiger partial charge on any atom is 0.252 e. The zero-order valence-corrected chi connectivity index (χ0v) is 36.5. The predicted octanol–water partition coefficient (Wildman–Crippen LogP) is 13.9. The SMILES string of the molecule is CC1(C)c2ccccc2N2c3ccc(-c4ccccc4)cc3B3c4cc(-c5ccccc5)ccc4N4c5ccccc5C(C)(C)c5c4c3c2c1c5N(c1ccccc1)c1ccccc1. The lowest BCUT2D eigenvalue weighted by atomic mass is 9.32. The van der Waals surface area contributed by atoms with Crippen LogP contribution in [-0.4, -0.2) is 6.71 Å². The smallest absolute Gasteiger partial charge is 0.252 e. The summed E-state index contributed by atoms with van der Waals surface area (Å²) < 4.78 is 0. The van der Waals surface area contributed by atoms with Gasteiger partial charge in [0.15, 0.2) is 0 Å². The zero-order valence-electron chi connectivity index (χ0n) is 36.5. The molecule has 0 amide bonds. The molecule has 4 heteroatoms. The third kappa shape index (κ3) is 5.00. The molecule has 0 aliphatic carbocycles. The highest BCUT2D eigenvalue weighted by Gasteiger charge is 2.55. The standard InChI is InChI=1S/C60H46BN3/c1-59(2)45-29-17-19-31-49(45)63-51-35-33-41(39-21-9-5-10-22-39)37-47(51)61-48-38-42(40-23-11-6-12-24-40)34-36-52(48)64-50-32-20-18-30-46(50)60(3,4)54-56(53(59)57(63)55(61)58(54)64)62(43-25-13-7-14-26-43)44-27-15-8-16-28-44/h5-38H,1-4H3. The van der Waals surface area contributed by atoms with Crippen LogP contribution < -0.4 is 31.1 Å². The molecule has 9 aromatic rings. The monoisotopic (exact) mass is 819 g/mol. The summed E-state index contributed by atoms with van der Waals surface area (Å²) in [6.07, 6.45) is 0. The number of rotatable bonds is 5. The first kappa shape index (κ1) is 37.0. The van der Waals surface area contributed by atoms with Crippen LogP contribution in [0.4, 0.5) is 51.2 Å². The van der Waals surface area contributed by atoms with Crippen LogP contribution in [0.15, 0.2) is 206 Å².